The number of amides is 1. The van der Waals surface area contributed by atoms with E-state index in [1.165, 1.54) is 6.92 Å². The summed E-state index contributed by atoms with van der Waals surface area (Å²) >= 11 is 0. The average Bonchev–Trinajstić information content (AvgIpc) is 2.72. The lowest BCUT2D eigenvalue weighted by molar-refractivity contribution is -0.129. The zero-order valence-electron chi connectivity index (χ0n) is 15.6. The molecule has 144 valence electrons. The highest BCUT2D eigenvalue weighted by Crippen LogP contribution is 2.15. The molecule has 2 aromatic carbocycles. The number of esters is 1. The summed E-state index contributed by atoms with van der Waals surface area (Å²) in [6, 6.07) is 16.4. The van der Waals surface area contributed by atoms with Crippen molar-refractivity contribution in [2.75, 3.05) is 6.54 Å². The van der Waals surface area contributed by atoms with Crippen molar-refractivity contribution in [2.45, 2.75) is 25.9 Å². The summed E-state index contributed by atoms with van der Waals surface area (Å²) in [6.07, 6.45) is -0.997. The molecule has 0 saturated heterocycles. The van der Waals surface area contributed by atoms with Crippen molar-refractivity contribution in [3.8, 4) is 0 Å². The van der Waals surface area contributed by atoms with Gasteiger partial charge in [-0.3, -0.25) is 9.59 Å². The van der Waals surface area contributed by atoms with Crippen LogP contribution in [0.3, 0.4) is 0 Å². The topological polar surface area (TPSA) is 101 Å². The Morgan fingerprint density at radius 2 is 1.68 bits per heavy atom. The zero-order valence-corrected chi connectivity index (χ0v) is 15.6. The van der Waals surface area contributed by atoms with Crippen molar-refractivity contribution in [3.63, 3.8) is 0 Å². The van der Waals surface area contributed by atoms with Crippen LogP contribution in [0.4, 0.5) is 0 Å². The first-order valence-electron chi connectivity index (χ1n) is 8.98. The number of benzene rings is 2. The van der Waals surface area contributed by atoms with Gasteiger partial charge in [0.2, 0.25) is 0 Å². The Morgan fingerprint density at radius 1 is 1.04 bits per heavy atom. The molecule has 0 aliphatic heterocycles. The molecule has 1 heterocycles. The van der Waals surface area contributed by atoms with Gasteiger partial charge in [-0.05, 0) is 24.5 Å². The van der Waals surface area contributed by atoms with Crippen LogP contribution in [-0.2, 0) is 9.53 Å². The van der Waals surface area contributed by atoms with Crippen LogP contribution in [0.15, 0.2) is 59.4 Å². The maximum Gasteiger partial charge on any atom is 0.360 e. The van der Waals surface area contributed by atoms with Gasteiger partial charge in [0.05, 0.1) is 5.39 Å². The van der Waals surface area contributed by atoms with Crippen LogP contribution in [0, 0.1) is 0 Å². The molecule has 0 aliphatic rings. The molecule has 1 aromatic heterocycles. The fourth-order valence-electron chi connectivity index (χ4n) is 2.84. The second-order valence-corrected chi connectivity index (χ2v) is 6.55. The minimum Gasteiger partial charge on any atom is -0.448 e. The molecular weight excluding hydrogens is 358 g/mol. The summed E-state index contributed by atoms with van der Waals surface area (Å²) < 4.78 is 5.25. The van der Waals surface area contributed by atoms with Crippen LogP contribution in [0.1, 0.15) is 35.8 Å². The predicted molar refractivity (Wildman–Crippen MR) is 105 cm³/mol. The van der Waals surface area contributed by atoms with Crippen molar-refractivity contribution in [1.82, 2.24) is 15.5 Å². The first-order chi connectivity index (χ1) is 13.5. The molecular formula is C21H21N3O4. The van der Waals surface area contributed by atoms with E-state index in [1.54, 1.807) is 24.3 Å². The summed E-state index contributed by atoms with van der Waals surface area (Å²) in [4.78, 5) is 36.6. The Balaban J connectivity index is 1.63. The molecule has 7 nitrogen and oxygen atoms in total. The Hall–Kier alpha value is -3.48. The van der Waals surface area contributed by atoms with Gasteiger partial charge < -0.3 is 10.1 Å². The highest BCUT2D eigenvalue weighted by molar-refractivity contribution is 6.02. The van der Waals surface area contributed by atoms with E-state index in [0.717, 1.165) is 5.56 Å². The van der Waals surface area contributed by atoms with Gasteiger partial charge in [0.25, 0.3) is 11.5 Å². The second-order valence-electron chi connectivity index (χ2n) is 6.55. The number of aromatic amines is 1. The standard InChI is InChI=1S/C21H21N3O4/c1-13(15-8-4-3-5-9-15)12-22-19(25)14(2)28-21(27)18-16-10-6-7-11-17(16)20(26)24-23-18/h3-11,13-14H,12H2,1-2H3,(H,22,25)(H,24,26)/t13-,14+/m1/s1. The molecule has 0 radical (unpaired) electrons. The molecule has 0 saturated carbocycles. The SMILES string of the molecule is C[C@H](OC(=O)c1n[nH]c(=O)c2ccccc12)C(=O)NC[C@@H](C)c1ccccc1. The van der Waals surface area contributed by atoms with Gasteiger partial charge in [-0.1, -0.05) is 55.5 Å². The van der Waals surface area contributed by atoms with Crippen molar-refractivity contribution < 1.29 is 14.3 Å². The molecule has 0 bridgehead atoms. The number of aromatic nitrogens is 2. The van der Waals surface area contributed by atoms with Gasteiger partial charge in [-0.2, -0.15) is 5.10 Å². The van der Waals surface area contributed by atoms with E-state index in [2.05, 4.69) is 15.5 Å². The summed E-state index contributed by atoms with van der Waals surface area (Å²) in [6.45, 7) is 3.92. The van der Waals surface area contributed by atoms with Crippen molar-refractivity contribution >= 4 is 22.6 Å². The lowest BCUT2D eigenvalue weighted by Crippen LogP contribution is -2.37. The second kappa shape index (κ2) is 8.47. The number of nitrogens with one attached hydrogen (secondary N) is 2. The summed E-state index contributed by atoms with van der Waals surface area (Å²) in [5.41, 5.74) is 0.678. The van der Waals surface area contributed by atoms with Crippen LogP contribution in [0.2, 0.25) is 0 Å². The van der Waals surface area contributed by atoms with Crippen molar-refractivity contribution in [3.05, 3.63) is 76.2 Å². The summed E-state index contributed by atoms with van der Waals surface area (Å²) in [5, 5.41) is 9.56. The molecule has 1 amide bonds. The minimum absolute atomic E-state index is 0.0347. The third-order valence-corrected chi connectivity index (χ3v) is 4.49. The van der Waals surface area contributed by atoms with Crippen LogP contribution >= 0.6 is 0 Å². The Bertz CT molecular complexity index is 1050. The lowest BCUT2D eigenvalue weighted by atomic mass is 10.0. The first-order valence-corrected chi connectivity index (χ1v) is 8.98. The van der Waals surface area contributed by atoms with Crippen LogP contribution < -0.4 is 10.9 Å². The molecule has 7 heteroatoms. The Kier molecular flexibility index (Phi) is 5.84. The summed E-state index contributed by atoms with van der Waals surface area (Å²) in [5.74, 6) is -1.05. The van der Waals surface area contributed by atoms with Crippen molar-refractivity contribution in [1.29, 1.82) is 0 Å². The van der Waals surface area contributed by atoms with E-state index in [1.807, 2.05) is 37.3 Å². The molecule has 0 fully saturated rings. The highest BCUT2D eigenvalue weighted by atomic mass is 16.5. The van der Waals surface area contributed by atoms with Gasteiger partial charge in [-0.25, -0.2) is 9.89 Å². The first kappa shape index (κ1) is 19.3. The monoisotopic (exact) mass is 379 g/mol. The minimum atomic E-state index is -0.997. The third-order valence-electron chi connectivity index (χ3n) is 4.49. The number of rotatable bonds is 6. The molecule has 3 rings (SSSR count). The van der Waals surface area contributed by atoms with E-state index in [9.17, 15) is 14.4 Å². The van der Waals surface area contributed by atoms with Gasteiger partial charge in [0.1, 0.15) is 0 Å². The Labute approximate surface area is 161 Å². The van der Waals surface area contributed by atoms with Crippen LogP contribution in [0.25, 0.3) is 10.8 Å². The smallest absolute Gasteiger partial charge is 0.360 e. The van der Waals surface area contributed by atoms with E-state index < -0.39 is 23.5 Å². The maximum absolute atomic E-state index is 12.5. The molecule has 3 aromatic rings. The number of fused-ring (bicyclic) bond motifs is 1. The molecule has 0 spiro atoms. The Morgan fingerprint density at radius 3 is 2.39 bits per heavy atom. The number of H-pyrrole nitrogens is 1. The maximum atomic E-state index is 12.5. The van der Waals surface area contributed by atoms with Gasteiger partial charge in [0, 0.05) is 11.9 Å². The predicted octanol–water partition coefficient (Wildman–Crippen LogP) is 2.39. The van der Waals surface area contributed by atoms with Gasteiger partial charge in [0.15, 0.2) is 11.8 Å². The number of ether oxygens (including phenoxy) is 1. The normalized spacial score (nSPS) is 12.9. The molecule has 0 unspecified atom stereocenters. The van der Waals surface area contributed by atoms with Crippen LogP contribution in [0.5, 0.6) is 0 Å². The largest absolute Gasteiger partial charge is 0.448 e. The van der Waals surface area contributed by atoms with E-state index in [0.29, 0.717) is 17.3 Å². The van der Waals surface area contributed by atoms with E-state index >= 15 is 0 Å². The highest BCUT2D eigenvalue weighted by Gasteiger charge is 2.22. The fraction of sp³-hybridized carbons (Fsp3) is 0.238. The zero-order chi connectivity index (χ0) is 20.1. The quantitative estimate of drug-likeness (QED) is 0.641. The molecule has 2 atom stereocenters. The third kappa shape index (κ3) is 4.25. The number of carbonyl (C=O) groups is 2. The van der Waals surface area contributed by atoms with E-state index in [-0.39, 0.29) is 11.6 Å². The van der Waals surface area contributed by atoms with Crippen molar-refractivity contribution in [2.24, 2.45) is 0 Å². The summed E-state index contributed by atoms with van der Waals surface area (Å²) in [7, 11) is 0. The van der Waals surface area contributed by atoms with Gasteiger partial charge >= 0.3 is 5.97 Å². The van der Waals surface area contributed by atoms with E-state index in [4.69, 9.17) is 4.74 Å². The van der Waals surface area contributed by atoms with Crippen LogP contribution in [-0.4, -0.2) is 34.7 Å². The molecule has 2 N–H and O–H groups in total. The number of carbonyl (C=O) groups excluding carboxylic acids is 2. The average molecular weight is 379 g/mol. The number of nitrogens with zero attached hydrogens (tertiary/aromatic N) is 1. The molecule has 0 aliphatic carbocycles. The number of hydrogen-bond acceptors (Lipinski definition) is 5. The fourth-order valence-corrected chi connectivity index (χ4v) is 2.84. The number of hydrogen-bond donors (Lipinski definition) is 2. The van der Waals surface area contributed by atoms with Gasteiger partial charge in [-0.15, -0.1) is 0 Å². The molecule has 28 heavy (non-hydrogen) atoms. The lowest BCUT2D eigenvalue weighted by Gasteiger charge is -2.16.